The molecule has 2 aliphatic rings. The molecule has 126 valence electrons. The number of nitrogens with zero attached hydrogens (tertiary/aromatic N) is 1. The highest BCUT2D eigenvalue weighted by molar-refractivity contribution is 5.84. The van der Waals surface area contributed by atoms with Crippen molar-refractivity contribution in [3.05, 3.63) is 0 Å². The van der Waals surface area contributed by atoms with Crippen molar-refractivity contribution in [2.75, 3.05) is 13.7 Å². The zero-order chi connectivity index (χ0) is 16.5. The zero-order valence-electron chi connectivity index (χ0n) is 14.2. The van der Waals surface area contributed by atoms with Gasteiger partial charge in [-0.25, -0.2) is 4.79 Å². The molecule has 5 nitrogen and oxygen atoms in total. The van der Waals surface area contributed by atoms with E-state index in [2.05, 4.69) is 20.8 Å². The molecule has 4 unspecified atom stereocenters. The van der Waals surface area contributed by atoms with Crippen molar-refractivity contribution >= 4 is 11.9 Å². The van der Waals surface area contributed by atoms with E-state index in [1.807, 2.05) is 0 Å². The second-order valence-corrected chi connectivity index (χ2v) is 7.98. The fourth-order valence-corrected chi connectivity index (χ4v) is 4.54. The van der Waals surface area contributed by atoms with Gasteiger partial charge in [0.1, 0.15) is 6.04 Å². The first-order valence-electron chi connectivity index (χ1n) is 8.27. The molecule has 1 amide bonds. The molecule has 0 aromatic carbocycles. The number of rotatable bonds is 4. The first-order valence-corrected chi connectivity index (χ1v) is 8.27. The Hall–Kier alpha value is -1.10. The molecule has 1 heterocycles. The van der Waals surface area contributed by atoms with Crippen LogP contribution in [0.15, 0.2) is 0 Å². The lowest BCUT2D eigenvalue weighted by atomic mass is 9.67. The van der Waals surface area contributed by atoms with Crippen LogP contribution in [0, 0.1) is 17.3 Å². The Bertz CT molecular complexity index is 434. The average Bonchev–Trinajstić information content (AvgIpc) is 2.80. The number of hydrogen-bond acceptors (Lipinski definition) is 3. The molecule has 1 saturated heterocycles. The summed E-state index contributed by atoms with van der Waals surface area (Å²) in [4.78, 5) is 25.5. The van der Waals surface area contributed by atoms with Gasteiger partial charge in [-0.2, -0.15) is 0 Å². The second kappa shape index (κ2) is 6.57. The Balaban J connectivity index is 2.00. The van der Waals surface area contributed by atoms with Crippen LogP contribution in [0.1, 0.15) is 52.9 Å². The molecule has 1 N–H and O–H groups in total. The van der Waals surface area contributed by atoms with Gasteiger partial charge >= 0.3 is 5.97 Å². The van der Waals surface area contributed by atoms with Crippen molar-refractivity contribution in [2.45, 2.75) is 65.0 Å². The normalized spacial score (nSPS) is 34.6. The van der Waals surface area contributed by atoms with Gasteiger partial charge in [0.05, 0.1) is 6.10 Å². The van der Waals surface area contributed by atoms with Crippen molar-refractivity contribution in [3.8, 4) is 0 Å². The van der Waals surface area contributed by atoms with Crippen LogP contribution in [0.2, 0.25) is 0 Å². The van der Waals surface area contributed by atoms with E-state index in [4.69, 9.17) is 4.74 Å². The Morgan fingerprint density at radius 3 is 2.50 bits per heavy atom. The molecule has 0 radical (unpaired) electrons. The number of carbonyl (C=O) groups is 2. The smallest absolute Gasteiger partial charge is 0.326 e. The molecular weight excluding hydrogens is 282 g/mol. The molecule has 2 fully saturated rings. The summed E-state index contributed by atoms with van der Waals surface area (Å²) in [6, 6.07) is -0.730. The quantitative estimate of drug-likeness (QED) is 0.866. The van der Waals surface area contributed by atoms with Gasteiger partial charge in [-0.05, 0) is 36.5 Å². The Morgan fingerprint density at radius 1 is 1.27 bits per heavy atom. The largest absolute Gasteiger partial charge is 0.480 e. The highest BCUT2D eigenvalue weighted by atomic mass is 16.5. The number of aliphatic carboxylic acids is 1. The van der Waals surface area contributed by atoms with Crippen LogP contribution < -0.4 is 0 Å². The van der Waals surface area contributed by atoms with Gasteiger partial charge in [0, 0.05) is 26.5 Å². The van der Waals surface area contributed by atoms with Crippen LogP contribution in [0.4, 0.5) is 0 Å². The van der Waals surface area contributed by atoms with Crippen molar-refractivity contribution in [1.29, 1.82) is 0 Å². The van der Waals surface area contributed by atoms with Crippen LogP contribution in [-0.4, -0.2) is 47.7 Å². The van der Waals surface area contributed by atoms with Crippen LogP contribution >= 0.6 is 0 Å². The Labute approximate surface area is 133 Å². The van der Waals surface area contributed by atoms with Crippen molar-refractivity contribution < 1.29 is 19.4 Å². The number of hydrogen-bond donors (Lipinski definition) is 1. The Morgan fingerprint density at radius 2 is 1.95 bits per heavy atom. The van der Waals surface area contributed by atoms with Crippen molar-refractivity contribution in [3.63, 3.8) is 0 Å². The van der Waals surface area contributed by atoms with Gasteiger partial charge in [0.25, 0.3) is 0 Å². The summed E-state index contributed by atoms with van der Waals surface area (Å²) in [6.45, 7) is 7.17. The minimum absolute atomic E-state index is 0.0261. The molecule has 2 rings (SSSR count). The maximum absolute atomic E-state index is 12.6. The lowest BCUT2D eigenvalue weighted by Gasteiger charge is -2.39. The summed E-state index contributed by atoms with van der Waals surface area (Å²) in [5.41, 5.74) is 0.273. The summed E-state index contributed by atoms with van der Waals surface area (Å²) >= 11 is 0. The van der Waals surface area contributed by atoms with E-state index in [1.165, 1.54) is 11.3 Å². The molecule has 1 saturated carbocycles. The highest BCUT2D eigenvalue weighted by Gasteiger charge is 2.41. The fraction of sp³-hybridized carbons (Fsp3) is 0.882. The van der Waals surface area contributed by atoms with Gasteiger partial charge in [-0.15, -0.1) is 0 Å². The summed E-state index contributed by atoms with van der Waals surface area (Å²) < 4.78 is 5.25. The molecule has 0 aromatic rings. The number of carboxylic acids is 1. The topological polar surface area (TPSA) is 66.8 Å². The molecule has 0 spiro atoms. The van der Waals surface area contributed by atoms with Crippen LogP contribution in [-0.2, 0) is 14.3 Å². The van der Waals surface area contributed by atoms with Crippen molar-refractivity contribution in [2.24, 2.45) is 17.3 Å². The Kier molecular flexibility index (Phi) is 5.15. The third-order valence-corrected chi connectivity index (χ3v) is 5.14. The molecular formula is C17H29NO4. The fourth-order valence-electron chi connectivity index (χ4n) is 4.54. The van der Waals surface area contributed by atoms with Gasteiger partial charge in [0.15, 0.2) is 0 Å². The minimum atomic E-state index is -0.926. The summed E-state index contributed by atoms with van der Waals surface area (Å²) in [7, 11) is 1.57. The monoisotopic (exact) mass is 311 g/mol. The van der Waals surface area contributed by atoms with E-state index in [0.29, 0.717) is 31.2 Å². The SMILES string of the molecule is COC1CC(C(=O)O)N(C(=O)CC2CC(C)CC(C)(C)C2)C1. The molecule has 1 aliphatic heterocycles. The molecule has 5 heteroatoms. The number of methoxy groups -OCH3 is 1. The van der Waals surface area contributed by atoms with E-state index in [-0.39, 0.29) is 17.4 Å². The lowest BCUT2D eigenvalue weighted by Crippen LogP contribution is -2.42. The van der Waals surface area contributed by atoms with E-state index < -0.39 is 12.0 Å². The molecule has 1 aliphatic carbocycles. The predicted molar refractivity (Wildman–Crippen MR) is 83.5 cm³/mol. The third-order valence-electron chi connectivity index (χ3n) is 5.14. The third kappa shape index (κ3) is 4.00. The van der Waals surface area contributed by atoms with E-state index >= 15 is 0 Å². The number of ether oxygens (including phenoxy) is 1. The van der Waals surface area contributed by atoms with Gasteiger partial charge in [-0.3, -0.25) is 4.79 Å². The van der Waals surface area contributed by atoms with Crippen LogP contribution in [0.5, 0.6) is 0 Å². The number of likely N-dealkylation sites (tertiary alicyclic amines) is 1. The molecule has 4 atom stereocenters. The zero-order valence-corrected chi connectivity index (χ0v) is 14.2. The first-order chi connectivity index (χ1) is 10.2. The average molecular weight is 311 g/mol. The number of carbonyl (C=O) groups excluding carboxylic acids is 1. The van der Waals surface area contributed by atoms with Crippen LogP contribution in [0.25, 0.3) is 0 Å². The van der Waals surface area contributed by atoms with Crippen molar-refractivity contribution in [1.82, 2.24) is 4.90 Å². The maximum Gasteiger partial charge on any atom is 0.326 e. The number of amides is 1. The summed E-state index contributed by atoms with van der Waals surface area (Å²) in [6.07, 6.45) is 4.01. The van der Waals surface area contributed by atoms with Gasteiger partial charge in [0.2, 0.25) is 5.91 Å². The van der Waals surface area contributed by atoms with E-state index in [0.717, 1.165) is 12.8 Å². The summed E-state index contributed by atoms with van der Waals surface area (Å²) in [5, 5.41) is 9.33. The maximum atomic E-state index is 12.6. The minimum Gasteiger partial charge on any atom is -0.480 e. The molecule has 0 bridgehead atoms. The summed E-state index contributed by atoms with van der Waals surface area (Å²) in [5.74, 6) is 0.0384. The lowest BCUT2D eigenvalue weighted by molar-refractivity contribution is -0.148. The van der Waals surface area contributed by atoms with Gasteiger partial charge in [-0.1, -0.05) is 20.8 Å². The van der Waals surface area contributed by atoms with Crippen LogP contribution in [0.3, 0.4) is 0 Å². The van der Waals surface area contributed by atoms with E-state index in [9.17, 15) is 14.7 Å². The highest BCUT2D eigenvalue weighted by Crippen LogP contribution is 2.43. The first kappa shape index (κ1) is 17.3. The van der Waals surface area contributed by atoms with E-state index in [1.54, 1.807) is 7.11 Å². The number of carboxylic acid groups (broad SMARTS) is 1. The molecule has 22 heavy (non-hydrogen) atoms. The molecule has 0 aromatic heterocycles. The predicted octanol–water partition coefficient (Wildman–Crippen LogP) is 2.54. The standard InChI is InChI=1S/C17H29NO4/c1-11-5-12(9-17(2,3)8-11)6-15(19)18-10-13(22-4)7-14(18)16(20)21/h11-14H,5-10H2,1-4H3,(H,20,21). The van der Waals surface area contributed by atoms with Gasteiger partial charge < -0.3 is 14.7 Å². The second-order valence-electron chi connectivity index (χ2n) is 7.98.